The largest absolute Gasteiger partial charge is 0.501 e. The van der Waals surface area contributed by atoms with Gasteiger partial charge in [-0.3, -0.25) is 9.24 Å². The molecule has 6 aromatic rings. The maximum Gasteiger partial charge on any atom is 0.501 e. The minimum atomic E-state index is -5.92. The Hall–Kier alpha value is -5.01. The van der Waals surface area contributed by atoms with Gasteiger partial charge in [-0.1, -0.05) is 41.9 Å². The summed E-state index contributed by atoms with van der Waals surface area (Å²) in [5, 5.41) is 3.42. The number of alkyl halides is 3. The zero-order valence-corrected chi connectivity index (χ0v) is 45.3. The fourth-order valence-electron chi connectivity index (χ4n) is 9.55. The smallest absolute Gasteiger partial charge is 0.380 e. The average Bonchev–Trinajstić information content (AvgIpc) is 3.90. The molecule has 2 atom stereocenters. The van der Waals surface area contributed by atoms with Crippen LogP contribution in [0, 0.1) is 12.7 Å². The van der Waals surface area contributed by atoms with Crippen molar-refractivity contribution in [3.63, 3.8) is 0 Å². The molecule has 2 fully saturated rings. The summed E-state index contributed by atoms with van der Waals surface area (Å²) in [6.07, 6.45) is 1.66. The van der Waals surface area contributed by atoms with Crippen molar-refractivity contribution in [1.82, 2.24) is 9.47 Å². The lowest BCUT2D eigenvalue weighted by Crippen LogP contribution is -2.46. The summed E-state index contributed by atoms with van der Waals surface area (Å²) in [5.41, 5.74) is -1.24. The lowest BCUT2D eigenvalue weighted by atomic mass is 9.99. The van der Waals surface area contributed by atoms with Crippen LogP contribution in [-0.2, 0) is 28.8 Å². The van der Waals surface area contributed by atoms with E-state index in [1.54, 1.807) is 31.2 Å². The van der Waals surface area contributed by atoms with Gasteiger partial charge in [0, 0.05) is 88.5 Å². The van der Waals surface area contributed by atoms with Gasteiger partial charge in [-0.15, -0.1) is 11.8 Å². The number of thioether (sulfide) groups is 1. The molecule has 1 aromatic heterocycles. The highest BCUT2D eigenvalue weighted by Crippen LogP contribution is 2.56. The van der Waals surface area contributed by atoms with Crippen LogP contribution >= 0.6 is 30.9 Å². The molecule has 5 aromatic carbocycles. The molecule has 3 heterocycles. The molecule has 1 N–H and O–H groups in total. The Labute approximate surface area is 434 Å². The molecule has 21 heteroatoms. The summed E-state index contributed by atoms with van der Waals surface area (Å²) in [7, 11) is -10.1. The van der Waals surface area contributed by atoms with E-state index < -0.39 is 49.5 Å². The zero-order chi connectivity index (χ0) is 52.6. The molecule has 0 amide bonds. The second-order valence-corrected chi connectivity index (χ2v) is 26.4. The van der Waals surface area contributed by atoms with E-state index in [1.165, 1.54) is 40.7 Å². The monoisotopic (exact) mass is 1100 g/mol. The van der Waals surface area contributed by atoms with E-state index in [2.05, 4.69) is 10.2 Å². The van der Waals surface area contributed by atoms with E-state index in [0.717, 1.165) is 28.5 Å². The van der Waals surface area contributed by atoms with Crippen LogP contribution in [-0.4, -0.2) is 110 Å². The first-order chi connectivity index (χ1) is 34.5. The molecule has 0 unspecified atom stereocenters. The Kier molecular flexibility index (Phi) is 16.1. The van der Waals surface area contributed by atoms with Gasteiger partial charge in [0.25, 0.3) is 9.84 Å². The molecule has 0 spiro atoms. The van der Waals surface area contributed by atoms with Crippen LogP contribution < -0.4 is 25.1 Å². The van der Waals surface area contributed by atoms with Crippen LogP contribution in [0.2, 0.25) is 5.02 Å². The predicted molar refractivity (Wildman–Crippen MR) is 287 cm³/mol. The van der Waals surface area contributed by atoms with Gasteiger partial charge >= 0.3 is 13.0 Å². The van der Waals surface area contributed by atoms with Crippen LogP contribution in [0.5, 0.6) is 0 Å². The van der Waals surface area contributed by atoms with Gasteiger partial charge in [0.15, 0.2) is 9.84 Å². The van der Waals surface area contributed by atoms with Crippen LogP contribution in [0.15, 0.2) is 130 Å². The first-order valence-electron chi connectivity index (χ1n) is 23.7. The van der Waals surface area contributed by atoms with Crippen molar-refractivity contribution in [2.75, 3.05) is 91.8 Å². The summed E-state index contributed by atoms with van der Waals surface area (Å²) in [6.45, 7) is 8.43. The van der Waals surface area contributed by atoms with Crippen molar-refractivity contribution >= 4 is 78.6 Å². The first-order valence-corrected chi connectivity index (χ1v) is 30.0. The number of nitrogens with one attached hydrogen (secondary N) is 1. The third-order valence-corrected chi connectivity index (χ3v) is 19.7. The number of hydrogen-bond donors (Lipinski definition) is 1. The Morgan fingerprint density at radius 1 is 0.808 bits per heavy atom. The summed E-state index contributed by atoms with van der Waals surface area (Å²) in [4.78, 5) is 6.16. The quantitative estimate of drug-likeness (QED) is 0.0531. The number of aromatic nitrogens is 1. The lowest BCUT2D eigenvalue weighted by molar-refractivity contribution is -0.0435. The van der Waals surface area contributed by atoms with E-state index in [0.29, 0.717) is 83.8 Å². The molecule has 0 aliphatic carbocycles. The highest BCUT2D eigenvalue weighted by atomic mass is 35.5. The van der Waals surface area contributed by atoms with Crippen LogP contribution in [0.4, 0.5) is 40.3 Å². The Morgan fingerprint density at radius 3 is 2.04 bits per heavy atom. The van der Waals surface area contributed by atoms with Gasteiger partial charge in [0.2, 0.25) is 0 Å². The number of benzene rings is 5. The number of halogens is 5. The molecule has 8 rings (SSSR count). The first kappa shape index (κ1) is 54.3. The highest BCUT2D eigenvalue weighted by molar-refractivity contribution is 7.99. The van der Waals surface area contributed by atoms with Crippen molar-refractivity contribution in [1.29, 1.82) is 0 Å². The fourth-order valence-corrected chi connectivity index (χ4v) is 15.2. The predicted octanol–water partition coefficient (Wildman–Crippen LogP) is 11.4. The Bertz CT molecular complexity index is 3230. The third-order valence-electron chi connectivity index (χ3n) is 13.0. The topological polar surface area (TPSA) is 124 Å². The van der Waals surface area contributed by atoms with Gasteiger partial charge in [-0.2, -0.15) is 13.2 Å². The van der Waals surface area contributed by atoms with Crippen molar-refractivity contribution in [3.05, 3.63) is 132 Å². The molecule has 0 radical (unpaired) electrons. The Balaban J connectivity index is 1.02. The third kappa shape index (κ3) is 11.6. The maximum absolute atomic E-state index is 15.8. The van der Waals surface area contributed by atoms with Gasteiger partial charge in [-0.25, -0.2) is 21.2 Å². The Morgan fingerprint density at radius 2 is 1.44 bits per heavy atom. The minimum Gasteiger partial charge on any atom is -0.380 e. The van der Waals surface area contributed by atoms with E-state index >= 15 is 4.39 Å². The molecule has 2 aliphatic heterocycles. The summed E-state index contributed by atoms with van der Waals surface area (Å²) < 4.78 is 137. The normalized spacial score (nSPS) is 17.2. The standard InChI is InChI=1S/C52H58ClF4N6O6PS3/c1-35(2)63-36(3)51(72(6,65)66)49(50(63)37-12-14-39(53)15-13-37)38-30-40(54)32-44(31-38)61-26-24-60(25-27-61)42-16-18-43(19-17-42)62-28-29-69-70(62,64)45-20-21-47(48(33-45)73(67,68)52(55,56)57)58-41(22-23-59(4)5)34-71-46-10-8-7-9-11-46/h7-21,30-33,35,41,58H,22-29,34H2,1-6H3/t41-,70-/m1/s1. The molecule has 73 heavy (non-hydrogen) atoms. The summed E-state index contributed by atoms with van der Waals surface area (Å²) in [6, 6.07) is 31.3. The number of rotatable bonds is 17. The number of piperazine rings is 1. The van der Waals surface area contributed by atoms with Gasteiger partial charge in [0.05, 0.1) is 34.7 Å². The van der Waals surface area contributed by atoms with Crippen LogP contribution in [0.3, 0.4) is 0 Å². The van der Waals surface area contributed by atoms with Crippen molar-refractivity contribution < 1.29 is 43.5 Å². The summed E-state index contributed by atoms with van der Waals surface area (Å²) in [5.74, 6) is -0.0920. The van der Waals surface area contributed by atoms with E-state index in [9.17, 15) is 34.6 Å². The minimum absolute atomic E-state index is 0.0192. The molecule has 2 aliphatic rings. The molecular formula is C52H58ClF4N6O6PS3. The second-order valence-electron chi connectivity index (χ2n) is 18.7. The number of nitrogens with zero attached hydrogens (tertiary/aromatic N) is 5. The molecule has 2 saturated heterocycles. The van der Waals surface area contributed by atoms with Crippen LogP contribution in [0.1, 0.15) is 32.0 Å². The van der Waals surface area contributed by atoms with E-state index in [1.807, 2.05) is 103 Å². The maximum atomic E-state index is 15.8. The van der Waals surface area contributed by atoms with E-state index in [-0.39, 0.29) is 35.1 Å². The average molecular weight is 1100 g/mol. The number of anilines is 4. The zero-order valence-electron chi connectivity index (χ0n) is 41.2. The van der Waals surface area contributed by atoms with Crippen LogP contribution in [0.25, 0.3) is 22.4 Å². The molecular weight excluding hydrogens is 1040 g/mol. The number of hydrogen-bond acceptors (Lipinski definition) is 11. The highest BCUT2D eigenvalue weighted by Gasteiger charge is 2.49. The van der Waals surface area contributed by atoms with Crippen molar-refractivity contribution in [2.24, 2.45) is 0 Å². The summed E-state index contributed by atoms with van der Waals surface area (Å²) >= 11 is 7.75. The molecule has 390 valence electrons. The van der Waals surface area contributed by atoms with Gasteiger partial charge < -0.3 is 29.1 Å². The van der Waals surface area contributed by atoms with Crippen molar-refractivity contribution in [2.45, 2.75) is 59.5 Å². The molecule has 12 nitrogen and oxygen atoms in total. The fraction of sp³-hybridized carbons (Fsp3) is 0.346. The van der Waals surface area contributed by atoms with Crippen molar-refractivity contribution in [3.8, 4) is 22.4 Å². The SMILES string of the molecule is Cc1c(S(C)(=O)=O)c(-c2cc(F)cc(N3CCN(c4ccc(N5CCO[P@]5(=O)c5ccc(N[C@H](CCN(C)C)CSc6ccccc6)c(S(=O)(=O)C(F)(F)F)c5)cc4)CC3)c2)c(-c2ccc(Cl)cc2)n1C(C)C. The molecule has 0 saturated carbocycles. The lowest BCUT2D eigenvalue weighted by Gasteiger charge is -2.37. The van der Waals surface area contributed by atoms with E-state index in [4.69, 9.17) is 16.1 Å². The molecule has 0 bridgehead atoms. The number of sulfone groups is 2. The van der Waals surface area contributed by atoms with Gasteiger partial charge in [0.1, 0.15) is 10.7 Å². The van der Waals surface area contributed by atoms with Gasteiger partial charge in [-0.05, 0) is 144 Å². The second kappa shape index (κ2) is 21.7.